The standard InChI is InChI=1S/C29H30N4O3/c1-4-19-36-29(35)22-13-11-20(12-14-22)26-24-9-7-8-10-25(24)27(32-31-26)30-23-17-15-21(16-18-23)28(34)33(5-2)6-3/h7-18H,4-6,19H2,1-3H3,(H,30,32). The summed E-state index contributed by atoms with van der Waals surface area (Å²) in [4.78, 5) is 26.5. The highest BCUT2D eigenvalue weighted by molar-refractivity contribution is 6.01. The number of carbonyl (C=O) groups is 2. The second-order valence-corrected chi connectivity index (χ2v) is 8.34. The number of benzene rings is 3. The normalized spacial score (nSPS) is 10.8. The fraction of sp³-hybridized carbons (Fsp3) is 0.241. The summed E-state index contributed by atoms with van der Waals surface area (Å²) in [5.41, 5.74) is 3.55. The van der Waals surface area contributed by atoms with Gasteiger partial charge in [-0.05, 0) is 56.7 Å². The van der Waals surface area contributed by atoms with Crippen molar-refractivity contribution >= 4 is 34.2 Å². The van der Waals surface area contributed by atoms with E-state index in [0.29, 0.717) is 36.6 Å². The Kier molecular flexibility index (Phi) is 7.90. The predicted molar refractivity (Wildman–Crippen MR) is 143 cm³/mol. The maximum Gasteiger partial charge on any atom is 0.338 e. The minimum atomic E-state index is -0.330. The number of aromatic nitrogens is 2. The van der Waals surface area contributed by atoms with Gasteiger partial charge in [0.15, 0.2) is 5.82 Å². The molecule has 0 aliphatic carbocycles. The van der Waals surface area contributed by atoms with E-state index >= 15 is 0 Å². The molecule has 4 aromatic rings. The molecule has 0 saturated heterocycles. The fourth-order valence-corrected chi connectivity index (χ4v) is 3.98. The van der Waals surface area contributed by atoms with Crippen LogP contribution in [0.4, 0.5) is 11.5 Å². The average Bonchev–Trinajstić information content (AvgIpc) is 2.93. The Labute approximate surface area is 211 Å². The smallest absolute Gasteiger partial charge is 0.338 e. The van der Waals surface area contributed by atoms with E-state index in [1.54, 1.807) is 17.0 Å². The first-order valence-electron chi connectivity index (χ1n) is 12.2. The molecule has 0 fully saturated rings. The Bertz CT molecular complexity index is 1350. The van der Waals surface area contributed by atoms with Gasteiger partial charge in [0.1, 0.15) is 5.69 Å². The van der Waals surface area contributed by atoms with Crippen LogP contribution in [0.3, 0.4) is 0 Å². The number of fused-ring (bicyclic) bond motifs is 1. The van der Waals surface area contributed by atoms with Crippen molar-refractivity contribution in [3.63, 3.8) is 0 Å². The van der Waals surface area contributed by atoms with Crippen LogP contribution in [0.15, 0.2) is 72.8 Å². The molecule has 1 aromatic heterocycles. The zero-order chi connectivity index (χ0) is 25.5. The van der Waals surface area contributed by atoms with Gasteiger partial charge < -0.3 is 15.0 Å². The lowest BCUT2D eigenvalue weighted by atomic mass is 10.0. The van der Waals surface area contributed by atoms with Gasteiger partial charge in [0.25, 0.3) is 5.91 Å². The van der Waals surface area contributed by atoms with E-state index in [4.69, 9.17) is 4.74 Å². The van der Waals surface area contributed by atoms with Crippen LogP contribution in [0.5, 0.6) is 0 Å². The third kappa shape index (κ3) is 5.35. The second-order valence-electron chi connectivity index (χ2n) is 8.34. The maximum atomic E-state index is 12.6. The number of amides is 1. The quantitative estimate of drug-likeness (QED) is 0.291. The molecule has 1 N–H and O–H groups in total. The van der Waals surface area contributed by atoms with Gasteiger partial charge in [-0.1, -0.05) is 43.3 Å². The first-order valence-corrected chi connectivity index (χ1v) is 12.2. The Hall–Kier alpha value is -4.26. The second kappa shape index (κ2) is 11.4. The number of ether oxygens (including phenoxy) is 1. The third-order valence-electron chi connectivity index (χ3n) is 5.96. The first-order chi connectivity index (χ1) is 17.5. The van der Waals surface area contributed by atoms with Gasteiger partial charge >= 0.3 is 5.97 Å². The number of carbonyl (C=O) groups excluding carboxylic acids is 2. The predicted octanol–water partition coefficient (Wildman–Crippen LogP) is 6.09. The van der Waals surface area contributed by atoms with Crippen molar-refractivity contribution in [2.75, 3.05) is 25.0 Å². The van der Waals surface area contributed by atoms with Crippen molar-refractivity contribution in [2.45, 2.75) is 27.2 Å². The highest BCUT2D eigenvalue weighted by Gasteiger charge is 2.14. The molecule has 0 radical (unpaired) electrons. The number of hydrogen-bond acceptors (Lipinski definition) is 6. The summed E-state index contributed by atoms with van der Waals surface area (Å²) in [6.45, 7) is 7.66. The molecule has 7 nitrogen and oxygen atoms in total. The van der Waals surface area contributed by atoms with Crippen molar-refractivity contribution in [1.29, 1.82) is 0 Å². The topological polar surface area (TPSA) is 84.4 Å². The molecule has 36 heavy (non-hydrogen) atoms. The number of hydrogen-bond donors (Lipinski definition) is 1. The van der Waals surface area contributed by atoms with Crippen LogP contribution in [-0.2, 0) is 4.74 Å². The molecular formula is C29H30N4O3. The molecule has 1 heterocycles. The molecule has 3 aromatic carbocycles. The van der Waals surface area contributed by atoms with E-state index in [2.05, 4.69) is 15.5 Å². The molecule has 1 amide bonds. The molecule has 4 rings (SSSR count). The molecular weight excluding hydrogens is 452 g/mol. The summed E-state index contributed by atoms with van der Waals surface area (Å²) in [6, 6.07) is 22.5. The van der Waals surface area contributed by atoms with Crippen molar-refractivity contribution in [2.24, 2.45) is 0 Å². The lowest BCUT2D eigenvalue weighted by molar-refractivity contribution is 0.0505. The lowest BCUT2D eigenvalue weighted by Crippen LogP contribution is -2.30. The molecule has 0 spiro atoms. The molecule has 184 valence electrons. The van der Waals surface area contributed by atoms with Gasteiger partial charge in [0, 0.05) is 40.7 Å². The molecule has 0 aliphatic heterocycles. The summed E-state index contributed by atoms with van der Waals surface area (Å²) < 4.78 is 5.21. The Balaban J connectivity index is 1.59. The van der Waals surface area contributed by atoms with Gasteiger partial charge in [-0.15, -0.1) is 10.2 Å². The highest BCUT2D eigenvalue weighted by atomic mass is 16.5. The SMILES string of the molecule is CCCOC(=O)c1ccc(-c2nnc(Nc3ccc(C(=O)N(CC)CC)cc3)c3ccccc23)cc1. The minimum absolute atomic E-state index is 0.0192. The fourth-order valence-electron chi connectivity index (χ4n) is 3.98. The minimum Gasteiger partial charge on any atom is -0.462 e. The number of rotatable bonds is 9. The highest BCUT2D eigenvalue weighted by Crippen LogP contribution is 2.31. The summed E-state index contributed by atoms with van der Waals surface area (Å²) in [5.74, 6) is 0.312. The van der Waals surface area contributed by atoms with Gasteiger partial charge in [0.05, 0.1) is 12.2 Å². The van der Waals surface area contributed by atoms with E-state index in [0.717, 1.165) is 34.1 Å². The first kappa shape index (κ1) is 24.9. The lowest BCUT2D eigenvalue weighted by Gasteiger charge is -2.18. The Morgan fingerprint density at radius 1 is 0.806 bits per heavy atom. The third-order valence-corrected chi connectivity index (χ3v) is 5.96. The van der Waals surface area contributed by atoms with Gasteiger partial charge in [-0.2, -0.15) is 0 Å². The van der Waals surface area contributed by atoms with E-state index < -0.39 is 0 Å². The summed E-state index contributed by atoms with van der Waals surface area (Å²) >= 11 is 0. The van der Waals surface area contributed by atoms with E-state index in [1.165, 1.54) is 0 Å². The number of anilines is 2. The van der Waals surface area contributed by atoms with Crippen LogP contribution in [0.2, 0.25) is 0 Å². The molecule has 0 atom stereocenters. The van der Waals surface area contributed by atoms with E-state index in [1.807, 2.05) is 81.4 Å². The van der Waals surface area contributed by atoms with Crippen LogP contribution >= 0.6 is 0 Å². The number of esters is 1. The Morgan fingerprint density at radius 2 is 1.44 bits per heavy atom. The van der Waals surface area contributed by atoms with Gasteiger partial charge in [0.2, 0.25) is 0 Å². The monoisotopic (exact) mass is 482 g/mol. The van der Waals surface area contributed by atoms with Gasteiger partial charge in [-0.25, -0.2) is 4.79 Å². The zero-order valence-electron chi connectivity index (χ0n) is 20.8. The van der Waals surface area contributed by atoms with Crippen LogP contribution in [-0.4, -0.2) is 46.7 Å². The van der Waals surface area contributed by atoms with E-state index in [9.17, 15) is 9.59 Å². The molecule has 0 saturated carbocycles. The largest absolute Gasteiger partial charge is 0.462 e. The molecule has 0 bridgehead atoms. The number of nitrogens with zero attached hydrogens (tertiary/aromatic N) is 3. The molecule has 7 heteroatoms. The molecule has 0 unspecified atom stereocenters. The summed E-state index contributed by atoms with van der Waals surface area (Å²) in [7, 11) is 0. The van der Waals surface area contributed by atoms with Crippen molar-refractivity contribution in [3.05, 3.63) is 83.9 Å². The zero-order valence-corrected chi connectivity index (χ0v) is 20.8. The van der Waals surface area contributed by atoms with Crippen molar-refractivity contribution in [1.82, 2.24) is 15.1 Å². The number of nitrogens with one attached hydrogen (secondary N) is 1. The molecule has 0 aliphatic rings. The van der Waals surface area contributed by atoms with Crippen molar-refractivity contribution < 1.29 is 14.3 Å². The summed E-state index contributed by atoms with van der Waals surface area (Å²) in [6.07, 6.45) is 0.782. The van der Waals surface area contributed by atoms with E-state index in [-0.39, 0.29) is 11.9 Å². The van der Waals surface area contributed by atoms with Crippen molar-refractivity contribution in [3.8, 4) is 11.3 Å². The average molecular weight is 483 g/mol. The van der Waals surface area contributed by atoms with Crippen LogP contribution in [0.1, 0.15) is 47.9 Å². The summed E-state index contributed by atoms with van der Waals surface area (Å²) in [5, 5.41) is 14.1. The van der Waals surface area contributed by atoms with Gasteiger partial charge in [-0.3, -0.25) is 4.79 Å². The Morgan fingerprint density at radius 3 is 2.08 bits per heavy atom. The van der Waals surface area contributed by atoms with Crippen LogP contribution < -0.4 is 5.32 Å². The van der Waals surface area contributed by atoms with Crippen LogP contribution in [0, 0.1) is 0 Å². The van der Waals surface area contributed by atoms with Crippen LogP contribution in [0.25, 0.3) is 22.0 Å². The maximum absolute atomic E-state index is 12.6.